The van der Waals surface area contributed by atoms with Crippen molar-refractivity contribution in [2.75, 3.05) is 26.2 Å². The lowest BCUT2D eigenvalue weighted by Crippen LogP contribution is -2.57. The highest BCUT2D eigenvalue weighted by Crippen LogP contribution is 2.26. The minimum Gasteiger partial charge on any atom is -0.459 e. The van der Waals surface area contributed by atoms with E-state index >= 15 is 0 Å². The number of hydrogen-bond acceptors (Lipinski definition) is 4. The standard InChI is InChI=1S/C19H21N3O3/c23-18(21-9-7-20-8-10-21)16-12-14-4-1-2-5-15(14)13-22(16)19(24)17-6-3-11-25-17/h1-6,11,16,20H,7-10,12-13H2. The molecule has 0 bridgehead atoms. The molecule has 3 heterocycles. The molecule has 1 aromatic heterocycles. The van der Waals surface area contributed by atoms with Gasteiger partial charge in [-0.05, 0) is 23.3 Å². The Morgan fingerprint density at radius 2 is 1.80 bits per heavy atom. The Morgan fingerprint density at radius 1 is 1.04 bits per heavy atom. The molecule has 2 aliphatic heterocycles. The number of nitrogens with one attached hydrogen (secondary N) is 1. The van der Waals surface area contributed by atoms with Crippen LogP contribution in [-0.4, -0.2) is 53.8 Å². The SMILES string of the molecule is O=C(C1Cc2ccccc2CN1C(=O)c1ccco1)N1CCNCC1. The van der Waals surface area contributed by atoms with Gasteiger partial charge in [-0.15, -0.1) is 0 Å². The minimum atomic E-state index is -0.481. The Labute approximate surface area is 146 Å². The zero-order chi connectivity index (χ0) is 17.2. The molecule has 130 valence electrons. The van der Waals surface area contributed by atoms with E-state index in [1.54, 1.807) is 17.0 Å². The highest BCUT2D eigenvalue weighted by atomic mass is 16.3. The number of piperazine rings is 1. The van der Waals surface area contributed by atoms with Gasteiger partial charge in [-0.2, -0.15) is 0 Å². The van der Waals surface area contributed by atoms with Gasteiger partial charge in [0.1, 0.15) is 6.04 Å². The summed E-state index contributed by atoms with van der Waals surface area (Å²) in [5, 5.41) is 3.26. The van der Waals surface area contributed by atoms with Crippen LogP contribution < -0.4 is 5.32 Å². The van der Waals surface area contributed by atoms with Crippen molar-refractivity contribution in [1.82, 2.24) is 15.1 Å². The number of fused-ring (bicyclic) bond motifs is 1. The first-order valence-corrected chi connectivity index (χ1v) is 8.65. The maximum Gasteiger partial charge on any atom is 0.290 e. The number of rotatable bonds is 2. The second kappa shape index (κ2) is 6.72. The van der Waals surface area contributed by atoms with Gasteiger partial charge in [-0.25, -0.2) is 0 Å². The smallest absolute Gasteiger partial charge is 0.290 e. The molecular weight excluding hydrogens is 318 g/mol. The molecule has 6 heteroatoms. The van der Waals surface area contributed by atoms with Gasteiger partial charge in [0, 0.05) is 39.1 Å². The summed E-state index contributed by atoms with van der Waals surface area (Å²) in [4.78, 5) is 29.6. The van der Waals surface area contributed by atoms with Crippen LogP contribution in [0.5, 0.6) is 0 Å². The predicted octanol–water partition coefficient (Wildman–Crippen LogP) is 1.28. The third-order valence-electron chi connectivity index (χ3n) is 4.96. The lowest BCUT2D eigenvalue weighted by molar-refractivity contribution is -0.137. The first-order valence-electron chi connectivity index (χ1n) is 8.65. The maximum atomic E-state index is 13.1. The van der Waals surface area contributed by atoms with Crippen LogP contribution in [0.4, 0.5) is 0 Å². The fourth-order valence-corrected chi connectivity index (χ4v) is 3.59. The molecule has 1 fully saturated rings. The van der Waals surface area contributed by atoms with E-state index in [1.165, 1.54) is 6.26 Å². The van der Waals surface area contributed by atoms with Crippen molar-refractivity contribution in [3.8, 4) is 0 Å². The number of hydrogen-bond donors (Lipinski definition) is 1. The summed E-state index contributed by atoms with van der Waals surface area (Å²) < 4.78 is 5.28. The van der Waals surface area contributed by atoms with E-state index in [0.29, 0.717) is 26.1 Å². The highest BCUT2D eigenvalue weighted by molar-refractivity contribution is 5.96. The molecule has 0 radical (unpaired) electrons. The van der Waals surface area contributed by atoms with E-state index in [2.05, 4.69) is 5.32 Å². The number of amides is 2. The van der Waals surface area contributed by atoms with Crippen LogP contribution in [0.15, 0.2) is 47.1 Å². The Bertz CT molecular complexity index is 766. The average Bonchev–Trinajstić information content (AvgIpc) is 3.21. The lowest BCUT2D eigenvalue weighted by atomic mass is 9.92. The van der Waals surface area contributed by atoms with Gasteiger partial charge in [0.15, 0.2) is 5.76 Å². The molecule has 4 rings (SSSR count). The van der Waals surface area contributed by atoms with E-state index in [1.807, 2.05) is 29.2 Å². The molecule has 0 aliphatic carbocycles. The van der Waals surface area contributed by atoms with E-state index in [9.17, 15) is 9.59 Å². The zero-order valence-electron chi connectivity index (χ0n) is 14.0. The number of carbonyl (C=O) groups is 2. The molecule has 25 heavy (non-hydrogen) atoms. The molecule has 0 saturated carbocycles. The van der Waals surface area contributed by atoms with Crippen molar-refractivity contribution in [2.45, 2.75) is 19.0 Å². The predicted molar refractivity (Wildman–Crippen MR) is 92.0 cm³/mol. The second-order valence-electron chi connectivity index (χ2n) is 6.47. The van der Waals surface area contributed by atoms with Gasteiger partial charge in [0.2, 0.25) is 5.91 Å². The Balaban J connectivity index is 1.65. The van der Waals surface area contributed by atoms with Crippen LogP contribution in [0.3, 0.4) is 0 Å². The van der Waals surface area contributed by atoms with E-state index < -0.39 is 6.04 Å². The zero-order valence-corrected chi connectivity index (χ0v) is 14.0. The Hall–Kier alpha value is -2.60. The maximum absolute atomic E-state index is 13.1. The van der Waals surface area contributed by atoms with Crippen LogP contribution in [0, 0.1) is 0 Å². The van der Waals surface area contributed by atoms with Crippen molar-refractivity contribution in [3.63, 3.8) is 0 Å². The summed E-state index contributed by atoms with van der Waals surface area (Å²) in [5.41, 5.74) is 2.23. The lowest BCUT2D eigenvalue weighted by Gasteiger charge is -2.39. The van der Waals surface area contributed by atoms with Gasteiger partial charge in [0.25, 0.3) is 5.91 Å². The van der Waals surface area contributed by atoms with Crippen LogP contribution in [-0.2, 0) is 17.8 Å². The average molecular weight is 339 g/mol. The molecule has 1 atom stereocenters. The number of carbonyl (C=O) groups excluding carboxylic acids is 2. The van der Waals surface area contributed by atoms with Crippen molar-refractivity contribution >= 4 is 11.8 Å². The second-order valence-corrected chi connectivity index (χ2v) is 6.47. The summed E-state index contributed by atoms with van der Waals surface area (Å²) in [6.45, 7) is 3.38. The van der Waals surface area contributed by atoms with E-state index in [-0.39, 0.29) is 17.6 Å². The monoisotopic (exact) mass is 339 g/mol. The Kier molecular flexibility index (Phi) is 4.28. The van der Waals surface area contributed by atoms with Crippen LogP contribution in [0.2, 0.25) is 0 Å². The van der Waals surface area contributed by atoms with Crippen LogP contribution in [0.1, 0.15) is 21.7 Å². The first kappa shape index (κ1) is 15.9. The molecule has 1 aromatic carbocycles. The summed E-state index contributed by atoms with van der Waals surface area (Å²) in [7, 11) is 0. The summed E-state index contributed by atoms with van der Waals surface area (Å²) in [6.07, 6.45) is 2.03. The first-order chi connectivity index (χ1) is 12.2. The fraction of sp³-hybridized carbons (Fsp3) is 0.368. The molecule has 1 saturated heterocycles. The van der Waals surface area contributed by atoms with Gasteiger partial charge < -0.3 is 19.5 Å². The van der Waals surface area contributed by atoms with Crippen LogP contribution >= 0.6 is 0 Å². The number of nitrogens with zero attached hydrogens (tertiary/aromatic N) is 2. The van der Waals surface area contributed by atoms with Crippen molar-refractivity contribution in [3.05, 3.63) is 59.5 Å². The summed E-state index contributed by atoms with van der Waals surface area (Å²) in [6, 6.07) is 10.9. The largest absolute Gasteiger partial charge is 0.459 e. The van der Waals surface area contributed by atoms with Gasteiger partial charge in [-0.1, -0.05) is 24.3 Å². The van der Waals surface area contributed by atoms with Gasteiger partial charge in [0.05, 0.1) is 6.26 Å². The topological polar surface area (TPSA) is 65.8 Å². The van der Waals surface area contributed by atoms with Crippen molar-refractivity contribution in [1.29, 1.82) is 0 Å². The number of furan rings is 1. The molecule has 0 spiro atoms. The molecular formula is C19H21N3O3. The Morgan fingerprint density at radius 3 is 2.52 bits per heavy atom. The quantitative estimate of drug-likeness (QED) is 0.895. The molecule has 1 N–H and O–H groups in total. The van der Waals surface area contributed by atoms with Gasteiger partial charge >= 0.3 is 0 Å². The summed E-state index contributed by atoms with van der Waals surface area (Å²) >= 11 is 0. The van der Waals surface area contributed by atoms with Crippen molar-refractivity contribution < 1.29 is 14.0 Å². The van der Waals surface area contributed by atoms with E-state index in [0.717, 1.165) is 24.2 Å². The third-order valence-corrected chi connectivity index (χ3v) is 4.96. The van der Waals surface area contributed by atoms with Crippen molar-refractivity contribution in [2.24, 2.45) is 0 Å². The highest BCUT2D eigenvalue weighted by Gasteiger charge is 2.38. The summed E-state index contributed by atoms with van der Waals surface area (Å²) in [5.74, 6) is 0.0707. The fourth-order valence-electron chi connectivity index (χ4n) is 3.59. The normalized spacial score (nSPS) is 20.2. The number of benzene rings is 1. The molecule has 6 nitrogen and oxygen atoms in total. The van der Waals surface area contributed by atoms with Crippen LogP contribution in [0.25, 0.3) is 0 Å². The third kappa shape index (κ3) is 3.05. The minimum absolute atomic E-state index is 0.0240. The van der Waals surface area contributed by atoms with Gasteiger partial charge in [-0.3, -0.25) is 9.59 Å². The molecule has 2 aliphatic rings. The molecule has 2 aromatic rings. The molecule has 1 unspecified atom stereocenters. The van der Waals surface area contributed by atoms with E-state index in [4.69, 9.17) is 4.42 Å². The molecule has 2 amide bonds.